The van der Waals surface area contributed by atoms with E-state index in [-0.39, 0.29) is 24.2 Å². The Bertz CT molecular complexity index is 911. The summed E-state index contributed by atoms with van der Waals surface area (Å²) in [6, 6.07) is 5.14. The summed E-state index contributed by atoms with van der Waals surface area (Å²) in [5, 5.41) is 3.28. The SMILES string of the molecule is COC(=O)Cc1cnc(NC(=O)N2CCC(N3CCc4ccc(F)cc43)CC2)s1. The second kappa shape index (κ2) is 8.36. The van der Waals surface area contributed by atoms with Crippen LogP contribution in [0.25, 0.3) is 0 Å². The number of halogens is 1. The monoisotopic (exact) mass is 418 g/mol. The lowest BCUT2D eigenvalue weighted by Gasteiger charge is -2.38. The fourth-order valence-electron chi connectivity index (χ4n) is 3.97. The molecule has 0 saturated carbocycles. The van der Waals surface area contributed by atoms with Gasteiger partial charge in [0.15, 0.2) is 5.13 Å². The normalized spacial score (nSPS) is 16.6. The summed E-state index contributed by atoms with van der Waals surface area (Å²) in [5.41, 5.74) is 2.19. The molecule has 2 amide bonds. The van der Waals surface area contributed by atoms with Crippen LogP contribution in [0.4, 0.5) is 20.0 Å². The number of ether oxygens (including phenoxy) is 1. The molecule has 2 aliphatic heterocycles. The lowest BCUT2D eigenvalue weighted by molar-refractivity contribution is -0.139. The van der Waals surface area contributed by atoms with Gasteiger partial charge in [0, 0.05) is 42.4 Å². The number of hydrogen-bond acceptors (Lipinski definition) is 6. The van der Waals surface area contributed by atoms with Gasteiger partial charge in [0.25, 0.3) is 0 Å². The Morgan fingerprint density at radius 3 is 2.86 bits per heavy atom. The molecule has 29 heavy (non-hydrogen) atoms. The highest BCUT2D eigenvalue weighted by molar-refractivity contribution is 7.15. The first-order valence-corrected chi connectivity index (χ1v) is 10.5. The Balaban J connectivity index is 1.31. The summed E-state index contributed by atoms with van der Waals surface area (Å²) in [7, 11) is 1.34. The Morgan fingerprint density at radius 2 is 2.10 bits per heavy atom. The summed E-state index contributed by atoms with van der Waals surface area (Å²) in [6.45, 7) is 2.17. The highest BCUT2D eigenvalue weighted by atomic mass is 32.1. The predicted octanol–water partition coefficient (Wildman–Crippen LogP) is 3.06. The van der Waals surface area contributed by atoms with Gasteiger partial charge in [0.05, 0.1) is 13.5 Å². The topological polar surface area (TPSA) is 74.8 Å². The number of methoxy groups -OCH3 is 1. The van der Waals surface area contributed by atoms with Crippen molar-refractivity contribution in [3.63, 3.8) is 0 Å². The Hall–Kier alpha value is -2.68. The number of likely N-dealkylation sites (tertiary alicyclic amines) is 1. The van der Waals surface area contributed by atoms with Crippen molar-refractivity contribution in [3.8, 4) is 0 Å². The lowest BCUT2D eigenvalue weighted by atomic mass is 10.0. The summed E-state index contributed by atoms with van der Waals surface area (Å²) in [4.78, 5) is 32.8. The number of nitrogens with one attached hydrogen (secondary N) is 1. The van der Waals surface area contributed by atoms with Crippen LogP contribution in [0.3, 0.4) is 0 Å². The molecule has 3 heterocycles. The molecule has 0 radical (unpaired) electrons. The summed E-state index contributed by atoms with van der Waals surface area (Å²) in [5.74, 6) is -0.542. The highest BCUT2D eigenvalue weighted by Crippen LogP contribution is 2.33. The molecule has 1 N–H and O–H groups in total. The second-order valence-corrected chi connectivity index (χ2v) is 8.36. The van der Waals surface area contributed by atoms with Crippen LogP contribution in [0.15, 0.2) is 24.4 Å². The fraction of sp³-hybridized carbons (Fsp3) is 0.450. The number of hydrogen-bond donors (Lipinski definition) is 1. The van der Waals surface area contributed by atoms with Crippen molar-refractivity contribution in [1.29, 1.82) is 0 Å². The maximum atomic E-state index is 13.7. The minimum absolute atomic E-state index is 0.146. The molecule has 0 spiro atoms. The minimum atomic E-state index is -0.336. The molecule has 1 saturated heterocycles. The zero-order valence-electron chi connectivity index (χ0n) is 16.2. The number of esters is 1. The largest absolute Gasteiger partial charge is 0.469 e. The maximum Gasteiger partial charge on any atom is 0.323 e. The molecule has 154 valence electrons. The number of anilines is 2. The van der Waals surface area contributed by atoms with Gasteiger partial charge in [-0.15, -0.1) is 11.3 Å². The molecule has 2 aliphatic rings. The van der Waals surface area contributed by atoms with Crippen molar-refractivity contribution in [3.05, 3.63) is 40.7 Å². The number of carbonyl (C=O) groups excluding carboxylic acids is 2. The average Bonchev–Trinajstić information content (AvgIpc) is 3.34. The fourth-order valence-corrected chi connectivity index (χ4v) is 4.76. The van der Waals surface area contributed by atoms with E-state index in [1.54, 1.807) is 17.2 Å². The van der Waals surface area contributed by atoms with Crippen LogP contribution >= 0.6 is 11.3 Å². The van der Waals surface area contributed by atoms with Crippen LogP contribution < -0.4 is 10.2 Å². The van der Waals surface area contributed by atoms with Gasteiger partial charge in [-0.05, 0) is 37.0 Å². The summed E-state index contributed by atoms with van der Waals surface area (Å²) >= 11 is 1.27. The first-order chi connectivity index (χ1) is 14.0. The van der Waals surface area contributed by atoms with Gasteiger partial charge in [-0.25, -0.2) is 14.2 Å². The van der Waals surface area contributed by atoms with E-state index in [1.165, 1.54) is 30.1 Å². The third-order valence-electron chi connectivity index (χ3n) is 5.48. The predicted molar refractivity (Wildman–Crippen MR) is 109 cm³/mol. The smallest absolute Gasteiger partial charge is 0.323 e. The molecular weight excluding hydrogens is 395 g/mol. The van der Waals surface area contributed by atoms with E-state index in [9.17, 15) is 14.0 Å². The molecule has 0 bridgehead atoms. The van der Waals surface area contributed by atoms with Crippen LogP contribution in [0.2, 0.25) is 0 Å². The molecule has 2 aromatic rings. The van der Waals surface area contributed by atoms with Crippen LogP contribution in [0.1, 0.15) is 23.3 Å². The molecule has 0 unspecified atom stereocenters. The van der Waals surface area contributed by atoms with Crippen LogP contribution in [0.5, 0.6) is 0 Å². The number of thiazole rings is 1. The number of nitrogens with zero attached hydrogens (tertiary/aromatic N) is 3. The van der Waals surface area contributed by atoms with Gasteiger partial charge in [0.1, 0.15) is 5.82 Å². The van der Waals surface area contributed by atoms with E-state index in [0.717, 1.165) is 36.4 Å². The molecule has 1 aromatic heterocycles. The Labute approximate surface area is 172 Å². The maximum absolute atomic E-state index is 13.7. The van der Waals surface area contributed by atoms with E-state index < -0.39 is 0 Å². The second-order valence-electron chi connectivity index (χ2n) is 7.25. The Morgan fingerprint density at radius 1 is 1.31 bits per heavy atom. The van der Waals surface area contributed by atoms with E-state index in [2.05, 4.69) is 19.9 Å². The van der Waals surface area contributed by atoms with Gasteiger partial charge >= 0.3 is 12.0 Å². The summed E-state index contributed by atoms with van der Waals surface area (Å²) in [6.07, 6.45) is 4.35. The van der Waals surface area contributed by atoms with E-state index >= 15 is 0 Å². The molecule has 0 atom stereocenters. The van der Waals surface area contributed by atoms with Crippen LogP contribution in [-0.4, -0.2) is 54.7 Å². The number of piperidine rings is 1. The summed E-state index contributed by atoms with van der Waals surface area (Å²) < 4.78 is 18.3. The van der Waals surface area contributed by atoms with Gasteiger partial charge in [-0.1, -0.05) is 6.07 Å². The van der Waals surface area contributed by atoms with Crippen molar-refractivity contribution in [2.75, 3.05) is 37.0 Å². The molecule has 4 rings (SSSR count). The van der Waals surface area contributed by atoms with Gasteiger partial charge in [-0.2, -0.15) is 0 Å². The zero-order chi connectivity index (χ0) is 20.4. The van der Waals surface area contributed by atoms with Crippen molar-refractivity contribution < 1.29 is 18.7 Å². The molecule has 0 aliphatic carbocycles. The number of carbonyl (C=O) groups is 2. The van der Waals surface area contributed by atoms with Crippen molar-refractivity contribution >= 4 is 34.2 Å². The molecule has 7 nitrogen and oxygen atoms in total. The van der Waals surface area contributed by atoms with Crippen molar-refractivity contribution in [2.45, 2.75) is 31.7 Å². The van der Waals surface area contributed by atoms with Crippen LogP contribution in [0, 0.1) is 5.82 Å². The lowest BCUT2D eigenvalue weighted by Crippen LogP contribution is -2.47. The number of rotatable bonds is 4. The van der Waals surface area contributed by atoms with Crippen molar-refractivity contribution in [2.24, 2.45) is 0 Å². The van der Waals surface area contributed by atoms with Gasteiger partial charge in [-0.3, -0.25) is 10.1 Å². The zero-order valence-corrected chi connectivity index (χ0v) is 17.0. The average molecular weight is 418 g/mol. The quantitative estimate of drug-likeness (QED) is 0.773. The van der Waals surface area contributed by atoms with Gasteiger partial charge in [0.2, 0.25) is 0 Å². The standard InChI is InChI=1S/C20H23FN4O3S/c1-28-18(26)11-16-12-22-19(29-16)23-20(27)24-7-5-15(6-8-24)25-9-4-13-2-3-14(21)10-17(13)25/h2-3,10,12,15H,4-9,11H2,1H3,(H,22,23,27). The van der Waals surface area contributed by atoms with Crippen LogP contribution in [-0.2, 0) is 22.4 Å². The minimum Gasteiger partial charge on any atom is -0.469 e. The first kappa shape index (κ1) is 19.6. The number of urea groups is 1. The highest BCUT2D eigenvalue weighted by Gasteiger charge is 2.31. The number of benzene rings is 1. The van der Waals surface area contributed by atoms with E-state index in [1.807, 2.05) is 6.07 Å². The number of fused-ring (bicyclic) bond motifs is 1. The van der Waals surface area contributed by atoms with E-state index in [0.29, 0.717) is 24.3 Å². The molecule has 1 aromatic carbocycles. The Kier molecular flexibility index (Phi) is 5.66. The van der Waals surface area contributed by atoms with E-state index in [4.69, 9.17) is 0 Å². The van der Waals surface area contributed by atoms with Crippen molar-refractivity contribution in [1.82, 2.24) is 9.88 Å². The molecule has 9 heteroatoms. The first-order valence-electron chi connectivity index (χ1n) is 9.66. The number of aromatic nitrogens is 1. The third-order valence-corrected chi connectivity index (χ3v) is 6.40. The third kappa shape index (κ3) is 4.34. The molecular formula is C20H23FN4O3S. The molecule has 1 fully saturated rings. The number of amides is 2. The van der Waals surface area contributed by atoms with Gasteiger partial charge < -0.3 is 14.5 Å².